The normalized spacial score (nSPS) is 12.9. The molecule has 1 aliphatic rings. The van der Waals surface area contributed by atoms with Crippen molar-refractivity contribution in [2.75, 3.05) is 0 Å². The van der Waals surface area contributed by atoms with Crippen molar-refractivity contribution >= 4 is 18.0 Å². The van der Waals surface area contributed by atoms with Gasteiger partial charge in [-0.1, -0.05) is 0 Å². The van der Waals surface area contributed by atoms with E-state index in [1.165, 1.54) is 12.3 Å². The summed E-state index contributed by atoms with van der Waals surface area (Å²) in [5.74, 6) is 9.22. The zero-order valence-electron chi connectivity index (χ0n) is 6.86. The zero-order valence-corrected chi connectivity index (χ0v) is 6.86. The fraction of sp³-hybridized carbons (Fsp3) is 0.167. The molecule has 0 radical (unpaired) electrons. The number of nitrogens with one attached hydrogen (secondary N) is 2. The van der Waals surface area contributed by atoms with E-state index in [1.807, 2.05) is 0 Å². The van der Waals surface area contributed by atoms with Crippen LogP contribution >= 0.6 is 0 Å². The van der Waals surface area contributed by atoms with Crippen molar-refractivity contribution in [3.8, 4) is 0 Å². The highest BCUT2D eigenvalue weighted by Crippen LogP contribution is 1.88. The molecule has 0 unspecified atom stereocenters. The van der Waals surface area contributed by atoms with Crippen LogP contribution in [0.4, 0.5) is 4.79 Å². The third kappa shape index (κ3) is 6.66. The number of nitrogens with two attached hydrogens (primary N) is 2. The first-order chi connectivity index (χ1) is 6.20. The van der Waals surface area contributed by atoms with Crippen molar-refractivity contribution in [3.63, 3.8) is 0 Å². The van der Waals surface area contributed by atoms with Gasteiger partial charge < -0.3 is 0 Å². The topological polar surface area (TPSA) is 123 Å². The van der Waals surface area contributed by atoms with Crippen LogP contribution in [0.3, 0.4) is 0 Å². The van der Waals surface area contributed by atoms with Gasteiger partial charge in [-0.05, 0) is 6.08 Å². The SMILES string of the molecule is NNC(=O)NN.O=C1C=CN=CC1. The summed E-state index contributed by atoms with van der Waals surface area (Å²) in [6, 6.07) is -0.602. The van der Waals surface area contributed by atoms with Gasteiger partial charge >= 0.3 is 6.03 Å². The predicted octanol–water partition coefficient (Wildman–Crippen LogP) is -1.42. The number of allylic oxidation sites excluding steroid dienone is 1. The van der Waals surface area contributed by atoms with E-state index in [2.05, 4.69) is 16.7 Å². The van der Waals surface area contributed by atoms with E-state index in [1.54, 1.807) is 17.1 Å². The smallest absolute Gasteiger partial charge is 0.294 e. The molecule has 13 heavy (non-hydrogen) atoms. The van der Waals surface area contributed by atoms with Crippen LogP contribution in [0, 0.1) is 0 Å². The number of amides is 2. The van der Waals surface area contributed by atoms with Crippen LogP contribution in [-0.2, 0) is 4.79 Å². The summed E-state index contributed by atoms with van der Waals surface area (Å²) in [5, 5.41) is 0. The van der Waals surface area contributed by atoms with Gasteiger partial charge in [0.05, 0.1) is 0 Å². The molecule has 1 rings (SSSR count). The summed E-state index contributed by atoms with van der Waals surface area (Å²) in [4.78, 5) is 23.7. The van der Waals surface area contributed by atoms with Crippen LogP contribution in [0.5, 0.6) is 0 Å². The molecule has 0 saturated heterocycles. The Morgan fingerprint density at radius 2 is 2.08 bits per heavy atom. The van der Waals surface area contributed by atoms with Gasteiger partial charge in [0, 0.05) is 18.8 Å². The van der Waals surface area contributed by atoms with E-state index in [0.29, 0.717) is 6.42 Å². The Hall–Kier alpha value is -1.73. The molecule has 0 bridgehead atoms. The number of carbonyl (C=O) groups excluding carboxylic acids is 2. The second-order valence-electron chi connectivity index (χ2n) is 1.94. The van der Waals surface area contributed by atoms with Crippen LogP contribution < -0.4 is 22.5 Å². The van der Waals surface area contributed by atoms with Crippen LogP contribution in [0.1, 0.15) is 6.42 Å². The molecule has 0 aromatic rings. The highest BCUT2D eigenvalue weighted by atomic mass is 16.2. The average molecular weight is 185 g/mol. The Morgan fingerprint density at radius 1 is 1.46 bits per heavy atom. The number of carbonyl (C=O) groups is 2. The average Bonchev–Trinajstić information content (AvgIpc) is 2.19. The molecule has 0 atom stereocenters. The van der Waals surface area contributed by atoms with Gasteiger partial charge in [0.2, 0.25) is 0 Å². The Balaban J connectivity index is 0.000000226. The maximum absolute atomic E-state index is 10.3. The third-order valence-corrected chi connectivity index (χ3v) is 1.01. The number of hydrogen-bond acceptors (Lipinski definition) is 5. The minimum atomic E-state index is -0.602. The summed E-state index contributed by atoms with van der Waals surface area (Å²) in [6.07, 6.45) is 5.05. The first-order valence-electron chi connectivity index (χ1n) is 3.39. The Labute approximate surface area is 74.8 Å². The Morgan fingerprint density at radius 3 is 2.23 bits per heavy atom. The molecule has 6 N–H and O–H groups in total. The van der Waals surface area contributed by atoms with Gasteiger partial charge in [-0.15, -0.1) is 0 Å². The molecule has 72 valence electrons. The quantitative estimate of drug-likeness (QED) is 0.210. The maximum Gasteiger partial charge on any atom is 0.343 e. The lowest BCUT2D eigenvalue weighted by Crippen LogP contribution is -2.43. The second-order valence-corrected chi connectivity index (χ2v) is 1.94. The first kappa shape index (κ1) is 11.3. The van der Waals surface area contributed by atoms with E-state index in [4.69, 9.17) is 0 Å². The standard InChI is InChI=1S/C5H5NO.CH6N4O/c7-5-1-3-6-4-2-5;2-4-1(6)5-3/h1,3-4H,2H2;2-3H2,(H2,4,5,6). The predicted molar refractivity (Wildman–Crippen MR) is 47.3 cm³/mol. The van der Waals surface area contributed by atoms with E-state index < -0.39 is 6.03 Å². The molecule has 0 aliphatic carbocycles. The molecule has 0 aromatic heterocycles. The zero-order chi connectivity index (χ0) is 10.1. The molecule has 1 heterocycles. The molecule has 0 spiro atoms. The van der Waals surface area contributed by atoms with Crippen molar-refractivity contribution < 1.29 is 9.59 Å². The van der Waals surface area contributed by atoms with Crippen LogP contribution in [0.15, 0.2) is 17.3 Å². The molecule has 0 saturated carbocycles. The number of urea groups is 1. The Kier molecular flexibility index (Phi) is 6.02. The summed E-state index contributed by atoms with van der Waals surface area (Å²) in [5.41, 5.74) is 3.48. The highest BCUT2D eigenvalue weighted by Gasteiger charge is 1.93. The third-order valence-electron chi connectivity index (χ3n) is 1.01. The van der Waals surface area contributed by atoms with Crippen molar-refractivity contribution in [3.05, 3.63) is 12.3 Å². The van der Waals surface area contributed by atoms with Crippen molar-refractivity contribution in [2.24, 2.45) is 16.7 Å². The molecule has 1 aliphatic heterocycles. The number of rotatable bonds is 0. The largest absolute Gasteiger partial charge is 0.343 e. The lowest BCUT2D eigenvalue weighted by Gasteiger charge is -1.90. The summed E-state index contributed by atoms with van der Waals surface area (Å²) < 4.78 is 0. The summed E-state index contributed by atoms with van der Waals surface area (Å²) >= 11 is 0. The molecular formula is C6H11N5O2. The fourth-order valence-electron chi connectivity index (χ4n) is 0.439. The van der Waals surface area contributed by atoms with Gasteiger partial charge in [0.1, 0.15) is 0 Å². The lowest BCUT2D eigenvalue weighted by molar-refractivity contribution is -0.113. The monoisotopic (exact) mass is 185 g/mol. The van der Waals surface area contributed by atoms with Crippen LogP contribution in [0.25, 0.3) is 0 Å². The van der Waals surface area contributed by atoms with Gasteiger partial charge in [-0.25, -0.2) is 16.5 Å². The molecule has 7 heteroatoms. The molecule has 7 nitrogen and oxygen atoms in total. The minimum Gasteiger partial charge on any atom is -0.294 e. The fourth-order valence-corrected chi connectivity index (χ4v) is 0.439. The molecule has 0 fully saturated rings. The number of ketones is 1. The minimum absolute atomic E-state index is 0.134. The van der Waals surface area contributed by atoms with E-state index in [-0.39, 0.29) is 5.78 Å². The van der Waals surface area contributed by atoms with Gasteiger partial charge in [-0.2, -0.15) is 0 Å². The highest BCUT2D eigenvalue weighted by molar-refractivity contribution is 6.00. The lowest BCUT2D eigenvalue weighted by atomic mass is 10.3. The number of hydrazine groups is 2. The molecular weight excluding hydrogens is 174 g/mol. The maximum atomic E-state index is 10.3. The van der Waals surface area contributed by atoms with E-state index >= 15 is 0 Å². The van der Waals surface area contributed by atoms with Crippen LogP contribution in [0.2, 0.25) is 0 Å². The Bertz CT molecular complexity index is 229. The molecule has 0 aromatic carbocycles. The number of nitrogens with zero attached hydrogens (tertiary/aromatic N) is 1. The van der Waals surface area contributed by atoms with E-state index in [9.17, 15) is 9.59 Å². The summed E-state index contributed by atoms with van der Waals surface area (Å²) in [7, 11) is 0. The van der Waals surface area contributed by atoms with Gasteiger partial charge in [-0.3, -0.25) is 20.6 Å². The van der Waals surface area contributed by atoms with Crippen LogP contribution in [-0.4, -0.2) is 18.0 Å². The van der Waals surface area contributed by atoms with Gasteiger partial charge in [0.15, 0.2) is 5.78 Å². The van der Waals surface area contributed by atoms with E-state index in [0.717, 1.165) is 0 Å². The van der Waals surface area contributed by atoms with Crippen molar-refractivity contribution in [1.29, 1.82) is 0 Å². The van der Waals surface area contributed by atoms with Crippen molar-refractivity contribution in [2.45, 2.75) is 6.42 Å². The van der Waals surface area contributed by atoms with Gasteiger partial charge in [0.25, 0.3) is 0 Å². The number of aliphatic imine (C=N–C) groups is 1. The first-order valence-corrected chi connectivity index (χ1v) is 3.39. The summed E-state index contributed by atoms with van der Waals surface area (Å²) in [6.45, 7) is 0. The second kappa shape index (κ2) is 6.95. The molecule has 2 amide bonds. The number of hydrogen-bond donors (Lipinski definition) is 4. The van der Waals surface area contributed by atoms with Crippen molar-refractivity contribution in [1.82, 2.24) is 10.9 Å².